The monoisotopic (exact) mass is 334 g/mol. The van der Waals surface area contributed by atoms with E-state index in [4.69, 9.17) is 0 Å². The zero-order chi connectivity index (χ0) is 14.6. The Hall–Kier alpha value is -1.15. The van der Waals surface area contributed by atoms with Crippen molar-refractivity contribution in [3.63, 3.8) is 0 Å². The van der Waals surface area contributed by atoms with E-state index >= 15 is 0 Å². The molecule has 106 valence electrons. The van der Waals surface area contributed by atoms with Crippen molar-refractivity contribution in [3.05, 3.63) is 71.0 Å². The Morgan fingerprint density at radius 1 is 1.10 bits per heavy atom. The number of hydrogen-bond acceptors (Lipinski definition) is 0. The number of aryl methyl sites for hydroxylation is 1. The van der Waals surface area contributed by atoms with Gasteiger partial charge in [-0.05, 0) is 48.6 Å². The average Bonchev–Trinajstić information content (AvgIpc) is 2.48. The van der Waals surface area contributed by atoms with Crippen molar-refractivity contribution in [1.29, 1.82) is 0 Å². The third-order valence-corrected chi connectivity index (χ3v) is 5.23. The average molecular weight is 335 g/mol. The fraction of sp³-hybridized carbons (Fsp3) is 0.333. The fourth-order valence-electron chi connectivity index (χ4n) is 2.66. The summed E-state index contributed by atoms with van der Waals surface area (Å²) in [5.41, 5.74) is 3.64. The summed E-state index contributed by atoms with van der Waals surface area (Å²) in [6, 6.07) is 15.7. The topological polar surface area (TPSA) is 0 Å². The van der Waals surface area contributed by atoms with Gasteiger partial charge in [0.15, 0.2) is 0 Å². The Bertz CT molecular complexity index is 559. The first-order valence-electron chi connectivity index (χ1n) is 6.98. The highest BCUT2D eigenvalue weighted by molar-refractivity contribution is 9.09. The summed E-state index contributed by atoms with van der Waals surface area (Å²) in [6.45, 7) is 4.20. The normalized spacial score (nSPS) is 14.0. The minimum atomic E-state index is -0.160. The molecule has 0 aromatic heterocycles. The van der Waals surface area contributed by atoms with Crippen molar-refractivity contribution in [3.8, 4) is 0 Å². The van der Waals surface area contributed by atoms with Crippen LogP contribution in [0.2, 0.25) is 0 Å². The van der Waals surface area contributed by atoms with Crippen molar-refractivity contribution in [1.82, 2.24) is 0 Å². The zero-order valence-corrected chi connectivity index (χ0v) is 13.6. The smallest absolute Gasteiger partial charge is 0.123 e. The van der Waals surface area contributed by atoms with E-state index in [2.05, 4.69) is 47.1 Å². The molecule has 0 N–H and O–H groups in total. The summed E-state index contributed by atoms with van der Waals surface area (Å²) in [5, 5.41) is 0.900. The van der Waals surface area contributed by atoms with Crippen LogP contribution in [-0.4, -0.2) is 5.33 Å². The summed E-state index contributed by atoms with van der Waals surface area (Å²) in [6.07, 6.45) is 1.96. The van der Waals surface area contributed by atoms with Crippen LogP contribution in [0, 0.1) is 12.7 Å². The number of benzene rings is 2. The van der Waals surface area contributed by atoms with Crippen molar-refractivity contribution in [2.45, 2.75) is 32.1 Å². The van der Waals surface area contributed by atoms with Gasteiger partial charge < -0.3 is 0 Å². The van der Waals surface area contributed by atoms with Crippen LogP contribution in [0.3, 0.4) is 0 Å². The van der Waals surface area contributed by atoms with Gasteiger partial charge in [-0.1, -0.05) is 59.3 Å². The van der Waals surface area contributed by atoms with Crippen LogP contribution in [0.5, 0.6) is 0 Å². The second-order valence-corrected chi connectivity index (χ2v) is 5.94. The van der Waals surface area contributed by atoms with Gasteiger partial charge in [0.25, 0.3) is 0 Å². The van der Waals surface area contributed by atoms with E-state index < -0.39 is 0 Å². The van der Waals surface area contributed by atoms with Gasteiger partial charge in [-0.3, -0.25) is 0 Å². The van der Waals surface area contributed by atoms with Crippen molar-refractivity contribution >= 4 is 15.9 Å². The highest BCUT2D eigenvalue weighted by Gasteiger charge is 2.29. The van der Waals surface area contributed by atoms with Gasteiger partial charge in [0.2, 0.25) is 0 Å². The molecule has 2 rings (SSSR count). The van der Waals surface area contributed by atoms with Gasteiger partial charge in [-0.25, -0.2) is 4.39 Å². The lowest BCUT2D eigenvalue weighted by Crippen LogP contribution is -2.30. The second kappa shape index (κ2) is 6.53. The van der Waals surface area contributed by atoms with E-state index in [1.54, 1.807) is 12.1 Å². The number of hydrogen-bond donors (Lipinski definition) is 0. The highest BCUT2D eigenvalue weighted by Crippen LogP contribution is 2.34. The molecule has 0 aliphatic rings. The third kappa shape index (κ3) is 3.12. The van der Waals surface area contributed by atoms with Crippen molar-refractivity contribution in [2.24, 2.45) is 0 Å². The van der Waals surface area contributed by atoms with Gasteiger partial charge in [0, 0.05) is 10.7 Å². The first-order valence-corrected chi connectivity index (χ1v) is 8.10. The second-order valence-electron chi connectivity index (χ2n) is 5.38. The SMILES string of the molecule is CCC(CBr)(Cc1ccc(F)cc1C)c1ccccc1. The van der Waals surface area contributed by atoms with Crippen molar-refractivity contribution in [2.75, 3.05) is 5.33 Å². The molecule has 2 heteroatoms. The largest absolute Gasteiger partial charge is 0.207 e. The van der Waals surface area contributed by atoms with E-state index in [1.807, 2.05) is 19.1 Å². The Morgan fingerprint density at radius 3 is 2.35 bits per heavy atom. The van der Waals surface area contributed by atoms with Gasteiger partial charge in [0.05, 0.1) is 0 Å². The van der Waals surface area contributed by atoms with Gasteiger partial charge in [0.1, 0.15) is 5.82 Å². The molecule has 2 aromatic carbocycles. The van der Waals surface area contributed by atoms with Crippen LogP contribution >= 0.6 is 15.9 Å². The molecule has 0 bridgehead atoms. The molecule has 0 spiro atoms. The quantitative estimate of drug-likeness (QED) is 0.640. The predicted molar refractivity (Wildman–Crippen MR) is 87.0 cm³/mol. The number of rotatable bonds is 5. The van der Waals surface area contributed by atoms with E-state index in [-0.39, 0.29) is 11.2 Å². The Morgan fingerprint density at radius 2 is 1.80 bits per heavy atom. The maximum absolute atomic E-state index is 13.3. The van der Waals surface area contributed by atoms with Crippen molar-refractivity contribution < 1.29 is 4.39 Å². The standard InChI is InChI=1S/C18H20BrF/c1-3-18(13-19,16-7-5-4-6-8-16)12-15-9-10-17(20)11-14(15)2/h4-11H,3,12-13H2,1-2H3. The maximum atomic E-state index is 13.3. The van der Waals surface area contributed by atoms with Crippen LogP contribution in [0.25, 0.3) is 0 Å². The molecule has 2 aromatic rings. The molecule has 0 aliphatic carbocycles. The minimum Gasteiger partial charge on any atom is -0.207 e. The van der Waals surface area contributed by atoms with Gasteiger partial charge in [-0.15, -0.1) is 0 Å². The summed E-state index contributed by atoms with van der Waals surface area (Å²) >= 11 is 3.69. The Kier molecular flexibility index (Phi) is 4.98. The number of halogens is 2. The van der Waals surface area contributed by atoms with Gasteiger partial charge >= 0.3 is 0 Å². The minimum absolute atomic E-state index is 0.0594. The molecule has 0 radical (unpaired) electrons. The number of alkyl halides is 1. The molecular formula is C18H20BrF. The molecule has 1 unspecified atom stereocenters. The van der Waals surface area contributed by atoms with Crippen LogP contribution in [0.1, 0.15) is 30.0 Å². The lowest BCUT2D eigenvalue weighted by atomic mass is 9.74. The lowest BCUT2D eigenvalue weighted by molar-refractivity contribution is 0.463. The van der Waals surface area contributed by atoms with Crippen LogP contribution < -0.4 is 0 Å². The maximum Gasteiger partial charge on any atom is 0.123 e. The fourth-order valence-corrected chi connectivity index (χ4v) is 3.58. The van der Waals surface area contributed by atoms with E-state index in [1.165, 1.54) is 11.1 Å². The van der Waals surface area contributed by atoms with Gasteiger partial charge in [-0.2, -0.15) is 0 Å². The molecular weight excluding hydrogens is 315 g/mol. The molecule has 1 atom stereocenters. The summed E-state index contributed by atoms with van der Waals surface area (Å²) < 4.78 is 13.3. The Balaban J connectivity index is 2.39. The zero-order valence-electron chi connectivity index (χ0n) is 12.0. The first-order chi connectivity index (χ1) is 9.61. The summed E-state index contributed by atoms with van der Waals surface area (Å²) in [4.78, 5) is 0. The van der Waals surface area contributed by atoms with E-state index in [0.29, 0.717) is 0 Å². The molecule has 20 heavy (non-hydrogen) atoms. The Labute approximate surface area is 129 Å². The van der Waals surface area contributed by atoms with E-state index in [9.17, 15) is 4.39 Å². The lowest BCUT2D eigenvalue weighted by Gasteiger charge is -2.32. The third-order valence-electron chi connectivity index (χ3n) is 4.15. The molecule has 0 fully saturated rings. The summed E-state index contributed by atoms with van der Waals surface area (Å²) in [5.74, 6) is -0.160. The molecule has 0 saturated carbocycles. The van der Waals surface area contributed by atoms with E-state index in [0.717, 1.165) is 23.7 Å². The molecule has 0 heterocycles. The molecule has 0 amide bonds. The van der Waals surface area contributed by atoms with Crippen LogP contribution in [0.15, 0.2) is 48.5 Å². The first kappa shape index (κ1) is 15.2. The van der Waals surface area contributed by atoms with Crippen LogP contribution in [0.4, 0.5) is 4.39 Å². The molecule has 0 nitrogen and oxygen atoms in total. The van der Waals surface area contributed by atoms with Crippen LogP contribution in [-0.2, 0) is 11.8 Å². The molecule has 0 saturated heterocycles. The highest BCUT2D eigenvalue weighted by atomic mass is 79.9. The predicted octanol–water partition coefficient (Wildman–Crippen LogP) is 5.42. The molecule has 0 aliphatic heterocycles. The summed E-state index contributed by atoms with van der Waals surface area (Å²) in [7, 11) is 0.